The predicted molar refractivity (Wildman–Crippen MR) is 102 cm³/mol. The second-order valence-corrected chi connectivity index (χ2v) is 8.89. The van der Waals surface area contributed by atoms with E-state index in [2.05, 4.69) is 4.72 Å². The van der Waals surface area contributed by atoms with Crippen LogP contribution in [0.4, 0.5) is 0 Å². The van der Waals surface area contributed by atoms with Crippen molar-refractivity contribution in [3.63, 3.8) is 0 Å². The van der Waals surface area contributed by atoms with Crippen LogP contribution in [0.5, 0.6) is 5.75 Å². The molecule has 1 N–H and O–H groups in total. The first kappa shape index (κ1) is 20.7. The molecule has 26 heavy (non-hydrogen) atoms. The van der Waals surface area contributed by atoms with Gasteiger partial charge < -0.3 is 9.64 Å². The molecule has 0 radical (unpaired) electrons. The monoisotopic (exact) mass is 382 g/mol. The van der Waals surface area contributed by atoms with Crippen molar-refractivity contribution in [2.75, 3.05) is 14.2 Å². The highest BCUT2D eigenvalue weighted by atomic mass is 32.2. The van der Waals surface area contributed by atoms with E-state index in [1.807, 2.05) is 7.05 Å². The summed E-state index contributed by atoms with van der Waals surface area (Å²) in [6.45, 7) is 3.50. The lowest BCUT2D eigenvalue weighted by Crippen LogP contribution is -2.37. The molecule has 0 saturated heterocycles. The van der Waals surface area contributed by atoms with Crippen LogP contribution in [-0.2, 0) is 10.0 Å². The first-order valence-corrected chi connectivity index (χ1v) is 10.7. The van der Waals surface area contributed by atoms with E-state index in [1.54, 1.807) is 30.9 Å². The molecular formula is C19H30N2O4S. The molecule has 146 valence electrons. The van der Waals surface area contributed by atoms with Gasteiger partial charge in [0, 0.05) is 24.7 Å². The first-order valence-electron chi connectivity index (χ1n) is 9.24. The second kappa shape index (κ2) is 8.86. The molecule has 7 heteroatoms. The fraction of sp³-hybridized carbons (Fsp3) is 0.632. The lowest BCUT2D eigenvalue weighted by molar-refractivity contribution is 0.0717. The van der Waals surface area contributed by atoms with Crippen molar-refractivity contribution in [1.82, 2.24) is 9.62 Å². The lowest BCUT2D eigenvalue weighted by atomic mass is 10.1. The molecule has 0 bridgehead atoms. The van der Waals surface area contributed by atoms with Gasteiger partial charge >= 0.3 is 0 Å². The number of hydrogen-bond donors (Lipinski definition) is 1. The number of carbonyl (C=O) groups excluding carboxylic acids is 1. The largest absolute Gasteiger partial charge is 0.495 e. The van der Waals surface area contributed by atoms with E-state index in [1.165, 1.54) is 26.0 Å². The fourth-order valence-corrected chi connectivity index (χ4v) is 4.85. The van der Waals surface area contributed by atoms with E-state index < -0.39 is 10.0 Å². The molecule has 0 unspecified atom stereocenters. The minimum absolute atomic E-state index is 0.00573. The Morgan fingerprint density at radius 1 is 1.19 bits per heavy atom. The lowest BCUT2D eigenvalue weighted by Gasteiger charge is -2.27. The Balaban J connectivity index is 2.31. The molecule has 1 aliphatic carbocycles. The van der Waals surface area contributed by atoms with E-state index in [4.69, 9.17) is 4.74 Å². The highest BCUT2D eigenvalue weighted by molar-refractivity contribution is 7.89. The summed E-state index contributed by atoms with van der Waals surface area (Å²) in [5.41, 5.74) is 0.363. The van der Waals surface area contributed by atoms with E-state index in [9.17, 15) is 13.2 Å². The Hall–Kier alpha value is -1.60. The highest BCUT2D eigenvalue weighted by Crippen LogP contribution is 2.27. The number of nitrogens with one attached hydrogen (secondary N) is 1. The summed E-state index contributed by atoms with van der Waals surface area (Å²) in [5.74, 6) is 0.0763. The molecule has 1 amide bonds. The SMILES string of the molecule is COc1ccc(C(=O)N(C)C2CCCCCC2)cc1S(=O)(=O)NC(C)C. The Labute approximate surface area is 157 Å². The van der Waals surface area contributed by atoms with Crippen LogP contribution in [0.2, 0.25) is 0 Å². The maximum atomic E-state index is 12.9. The number of ether oxygens (including phenoxy) is 1. The maximum Gasteiger partial charge on any atom is 0.253 e. The minimum Gasteiger partial charge on any atom is -0.495 e. The van der Waals surface area contributed by atoms with Crippen LogP contribution in [-0.4, -0.2) is 45.5 Å². The molecule has 0 heterocycles. The molecule has 0 atom stereocenters. The fourth-order valence-electron chi connectivity index (χ4n) is 3.41. The molecule has 6 nitrogen and oxygen atoms in total. The zero-order valence-corrected chi connectivity index (χ0v) is 16.9. The molecule has 0 spiro atoms. The summed E-state index contributed by atoms with van der Waals surface area (Å²) in [6, 6.07) is 4.55. The van der Waals surface area contributed by atoms with Crippen molar-refractivity contribution in [1.29, 1.82) is 0 Å². The number of amides is 1. The third kappa shape index (κ3) is 4.98. The normalized spacial score (nSPS) is 16.3. The minimum atomic E-state index is -3.76. The molecule has 1 aromatic carbocycles. The van der Waals surface area contributed by atoms with Gasteiger partial charge in [-0.25, -0.2) is 13.1 Å². The van der Waals surface area contributed by atoms with E-state index >= 15 is 0 Å². The standard InChI is InChI=1S/C19H30N2O4S/c1-14(2)20-26(23,24)18-13-15(11-12-17(18)25-4)19(22)21(3)16-9-7-5-6-8-10-16/h11-14,16,20H,5-10H2,1-4H3. The summed E-state index contributed by atoms with van der Waals surface area (Å²) >= 11 is 0. The number of nitrogens with zero attached hydrogens (tertiary/aromatic N) is 1. The third-order valence-electron chi connectivity index (χ3n) is 4.78. The number of sulfonamides is 1. The van der Waals surface area contributed by atoms with Gasteiger partial charge in [-0.2, -0.15) is 0 Å². The van der Waals surface area contributed by atoms with Gasteiger partial charge in [-0.3, -0.25) is 4.79 Å². The van der Waals surface area contributed by atoms with Crippen LogP contribution in [0.25, 0.3) is 0 Å². The summed E-state index contributed by atoms with van der Waals surface area (Å²) < 4.78 is 32.9. The van der Waals surface area contributed by atoms with Crippen molar-refractivity contribution >= 4 is 15.9 Å². The van der Waals surface area contributed by atoms with Crippen LogP contribution in [0.15, 0.2) is 23.1 Å². The van der Waals surface area contributed by atoms with Crippen LogP contribution in [0.1, 0.15) is 62.7 Å². The van der Waals surface area contributed by atoms with Gasteiger partial charge in [0.15, 0.2) is 0 Å². The smallest absolute Gasteiger partial charge is 0.253 e. The van der Waals surface area contributed by atoms with Crippen LogP contribution >= 0.6 is 0 Å². The zero-order valence-electron chi connectivity index (χ0n) is 16.1. The third-order valence-corrected chi connectivity index (χ3v) is 6.46. The Bertz CT molecular complexity index is 723. The van der Waals surface area contributed by atoms with Crippen LogP contribution < -0.4 is 9.46 Å². The van der Waals surface area contributed by atoms with Gasteiger partial charge in [0.25, 0.3) is 5.91 Å². The Kier molecular flexibility index (Phi) is 7.06. The molecule has 1 aliphatic rings. The average Bonchev–Trinajstić information content (AvgIpc) is 2.88. The summed E-state index contributed by atoms with van der Waals surface area (Å²) in [4.78, 5) is 14.7. The number of methoxy groups -OCH3 is 1. The molecule has 1 saturated carbocycles. The quantitative estimate of drug-likeness (QED) is 0.767. The van der Waals surface area contributed by atoms with Crippen molar-refractivity contribution in [2.24, 2.45) is 0 Å². The first-order chi connectivity index (χ1) is 12.3. The molecular weight excluding hydrogens is 352 g/mol. The predicted octanol–water partition coefficient (Wildman–Crippen LogP) is 3.18. The number of hydrogen-bond acceptors (Lipinski definition) is 4. The van der Waals surface area contributed by atoms with Crippen molar-refractivity contribution < 1.29 is 17.9 Å². The van der Waals surface area contributed by atoms with Gasteiger partial charge in [-0.15, -0.1) is 0 Å². The zero-order chi connectivity index (χ0) is 19.3. The van der Waals surface area contributed by atoms with Crippen molar-refractivity contribution in [3.05, 3.63) is 23.8 Å². The van der Waals surface area contributed by atoms with E-state index in [-0.39, 0.29) is 28.6 Å². The maximum absolute atomic E-state index is 12.9. The van der Waals surface area contributed by atoms with Gasteiger partial charge in [0.2, 0.25) is 10.0 Å². The van der Waals surface area contributed by atoms with Crippen LogP contribution in [0, 0.1) is 0 Å². The second-order valence-electron chi connectivity index (χ2n) is 7.20. The topological polar surface area (TPSA) is 75.7 Å². The Morgan fingerprint density at radius 2 is 1.81 bits per heavy atom. The molecule has 0 aliphatic heterocycles. The molecule has 1 aromatic rings. The Morgan fingerprint density at radius 3 is 2.35 bits per heavy atom. The van der Waals surface area contributed by atoms with Gasteiger partial charge in [-0.05, 0) is 44.9 Å². The van der Waals surface area contributed by atoms with Gasteiger partial charge in [0.1, 0.15) is 10.6 Å². The number of rotatable bonds is 6. The van der Waals surface area contributed by atoms with Crippen molar-refractivity contribution in [3.8, 4) is 5.75 Å². The van der Waals surface area contributed by atoms with Crippen molar-refractivity contribution in [2.45, 2.75) is 69.4 Å². The van der Waals surface area contributed by atoms with E-state index in [0.29, 0.717) is 5.56 Å². The van der Waals surface area contributed by atoms with Crippen LogP contribution in [0.3, 0.4) is 0 Å². The van der Waals surface area contributed by atoms with E-state index in [0.717, 1.165) is 25.7 Å². The summed E-state index contributed by atoms with van der Waals surface area (Å²) in [6.07, 6.45) is 6.68. The molecule has 1 fully saturated rings. The van der Waals surface area contributed by atoms with Gasteiger partial charge in [-0.1, -0.05) is 25.7 Å². The molecule has 2 rings (SSSR count). The molecule has 0 aromatic heterocycles. The highest BCUT2D eigenvalue weighted by Gasteiger charge is 2.26. The van der Waals surface area contributed by atoms with Gasteiger partial charge in [0.05, 0.1) is 7.11 Å². The summed E-state index contributed by atoms with van der Waals surface area (Å²) in [5, 5.41) is 0. The average molecular weight is 383 g/mol. The summed E-state index contributed by atoms with van der Waals surface area (Å²) in [7, 11) is -0.532. The number of benzene rings is 1. The number of carbonyl (C=O) groups is 1.